The lowest BCUT2D eigenvalue weighted by Gasteiger charge is -2.28. The average molecular weight is 171 g/mol. The number of aliphatic hydroxyl groups is 1. The molecule has 12 heavy (non-hydrogen) atoms. The molecule has 0 bridgehead atoms. The molecular formula is C10H21NO. The van der Waals surface area contributed by atoms with Crippen LogP contribution in [-0.2, 0) is 0 Å². The first-order chi connectivity index (χ1) is 5.68. The Morgan fingerprint density at radius 1 is 1.58 bits per heavy atom. The van der Waals surface area contributed by atoms with Crippen LogP contribution in [0, 0.1) is 0 Å². The maximum Gasteiger partial charge on any atom is 0.0448 e. The second-order valence-corrected chi connectivity index (χ2v) is 3.39. The van der Waals surface area contributed by atoms with Gasteiger partial charge in [-0.2, -0.15) is 0 Å². The van der Waals surface area contributed by atoms with Gasteiger partial charge in [0.15, 0.2) is 0 Å². The summed E-state index contributed by atoms with van der Waals surface area (Å²) in [6, 6.07) is 0. The second kappa shape index (κ2) is 6.21. The molecule has 1 unspecified atom stereocenters. The van der Waals surface area contributed by atoms with E-state index in [1.54, 1.807) is 0 Å². The average Bonchev–Trinajstić information content (AvgIpc) is 2.06. The van der Waals surface area contributed by atoms with Gasteiger partial charge in [-0.15, -0.1) is 6.58 Å². The monoisotopic (exact) mass is 171 g/mol. The summed E-state index contributed by atoms with van der Waals surface area (Å²) < 4.78 is 0. The van der Waals surface area contributed by atoms with Gasteiger partial charge in [-0.3, -0.25) is 0 Å². The van der Waals surface area contributed by atoms with Crippen LogP contribution in [0.2, 0.25) is 0 Å². The fourth-order valence-electron chi connectivity index (χ4n) is 1.11. The van der Waals surface area contributed by atoms with E-state index in [9.17, 15) is 0 Å². The summed E-state index contributed by atoms with van der Waals surface area (Å²) in [4.78, 5) is 0. The number of hydrogen-bond donors (Lipinski definition) is 2. The Balaban J connectivity index is 3.70. The highest BCUT2D eigenvalue weighted by atomic mass is 16.3. The predicted octanol–water partition coefficient (Wildman–Crippen LogP) is 1.70. The van der Waals surface area contributed by atoms with E-state index in [2.05, 4.69) is 25.7 Å². The molecule has 0 aromatic heterocycles. The van der Waals surface area contributed by atoms with Gasteiger partial charge >= 0.3 is 0 Å². The zero-order valence-electron chi connectivity index (χ0n) is 8.27. The van der Waals surface area contributed by atoms with E-state index in [1.165, 1.54) is 0 Å². The highest BCUT2D eigenvalue weighted by Gasteiger charge is 2.19. The van der Waals surface area contributed by atoms with E-state index in [0.29, 0.717) is 0 Å². The van der Waals surface area contributed by atoms with Gasteiger partial charge in [0.05, 0.1) is 0 Å². The molecule has 0 radical (unpaired) electrons. The summed E-state index contributed by atoms with van der Waals surface area (Å²) in [5.74, 6) is 0. The summed E-state index contributed by atoms with van der Waals surface area (Å²) >= 11 is 0. The van der Waals surface area contributed by atoms with Crippen molar-refractivity contribution in [3.8, 4) is 0 Å². The quantitative estimate of drug-likeness (QED) is 0.451. The van der Waals surface area contributed by atoms with Gasteiger partial charge in [0.1, 0.15) is 0 Å². The Hall–Kier alpha value is -0.340. The predicted molar refractivity (Wildman–Crippen MR) is 53.2 cm³/mol. The van der Waals surface area contributed by atoms with Crippen molar-refractivity contribution < 1.29 is 5.11 Å². The van der Waals surface area contributed by atoms with Crippen LogP contribution in [0.3, 0.4) is 0 Å². The summed E-state index contributed by atoms with van der Waals surface area (Å²) in [5, 5.41) is 12.2. The maximum atomic E-state index is 8.83. The fourth-order valence-corrected chi connectivity index (χ4v) is 1.11. The van der Waals surface area contributed by atoms with Gasteiger partial charge in [0.25, 0.3) is 0 Å². The largest absolute Gasteiger partial charge is 0.396 e. The van der Waals surface area contributed by atoms with Crippen molar-refractivity contribution in [3.05, 3.63) is 12.7 Å². The van der Waals surface area contributed by atoms with Gasteiger partial charge in [-0.1, -0.05) is 13.0 Å². The maximum absolute atomic E-state index is 8.83. The Morgan fingerprint density at radius 2 is 2.25 bits per heavy atom. The van der Waals surface area contributed by atoms with Crippen molar-refractivity contribution in [1.82, 2.24) is 5.32 Å². The van der Waals surface area contributed by atoms with Crippen LogP contribution >= 0.6 is 0 Å². The Morgan fingerprint density at radius 3 is 2.67 bits per heavy atom. The van der Waals surface area contributed by atoms with Crippen molar-refractivity contribution in [2.24, 2.45) is 0 Å². The van der Waals surface area contributed by atoms with E-state index in [-0.39, 0.29) is 12.1 Å². The molecule has 2 N–H and O–H groups in total. The molecule has 2 nitrogen and oxygen atoms in total. The highest BCUT2D eigenvalue weighted by molar-refractivity contribution is 4.82. The normalized spacial score (nSPS) is 15.6. The molecule has 0 spiro atoms. The third-order valence-electron chi connectivity index (χ3n) is 2.34. The number of rotatable bonds is 7. The molecule has 0 saturated heterocycles. The Bertz CT molecular complexity index is 125. The van der Waals surface area contributed by atoms with E-state index >= 15 is 0 Å². The third kappa shape index (κ3) is 4.52. The van der Waals surface area contributed by atoms with Crippen LogP contribution in [0.4, 0.5) is 0 Å². The van der Waals surface area contributed by atoms with E-state index in [4.69, 9.17) is 5.11 Å². The highest BCUT2D eigenvalue weighted by Crippen LogP contribution is 2.13. The topological polar surface area (TPSA) is 32.3 Å². The van der Waals surface area contributed by atoms with E-state index < -0.39 is 0 Å². The Labute approximate surface area is 75.7 Å². The molecule has 72 valence electrons. The standard InChI is InChI=1S/C10H21NO/c1-4-6-8-11-10(3,5-2)7-9-12/h4,11-12H,1,5-9H2,2-3H3. The zero-order chi connectivity index (χ0) is 9.45. The summed E-state index contributed by atoms with van der Waals surface area (Å²) in [5.41, 5.74) is 0.0950. The van der Waals surface area contributed by atoms with Crippen LogP contribution in [0.15, 0.2) is 12.7 Å². The van der Waals surface area contributed by atoms with Gasteiger partial charge < -0.3 is 10.4 Å². The van der Waals surface area contributed by atoms with Crippen LogP contribution < -0.4 is 5.32 Å². The molecule has 0 aliphatic carbocycles. The molecular weight excluding hydrogens is 150 g/mol. The second-order valence-electron chi connectivity index (χ2n) is 3.39. The lowest BCUT2D eigenvalue weighted by molar-refractivity contribution is 0.217. The summed E-state index contributed by atoms with van der Waals surface area (Å²) in [6.07, 6.45) is 4.76. The molecule has 0 amide bonds. The smallest absolute Gasteiger partial charge is 0.0448 e. The van der Waals surface area contributed by atoms with Crippen LogP contribution in [0.1, 0.15) is 33.1 Å². The minimum absolute atomic E-state index is 0.0950. The van der Waals surface area contributed by atoms with Gasteiger partial charge in [0, 0.05) is 12.1 Å². The van der Waals surface area contributed by atoms with Crippen LogP contribution in [0.5, 0.6) is 0 Å². The summed E-state index contributed by atoms with van der Waals surface area (Å²) in [7, 11) is 0. The number of hydrogen-bond acceptors (Lipinski definition) is 2. The molecule has 0 rings (SSSR count). The molecule has 0 aliphatic rings. The first-order valence-electron chi connectivity index (χ1n) is 4.65. The fraction of sp³-hybridized carbons (Fsp3) is 0.800. The van der Waals surface area contributed by atoms with Crippen molar-refractivity contribution >= 4 is 0 Å². The minimum Gasteiger partial charge on any atom is -0.396 e. The van der Waals surface area contributed by atoms with Crippen molar-refractivity contribution in [2.45, 2.75) is 38.6 Å². The molecule has 0 aromatic rings. The first-order valence-corrected chi connectivity index (χ1v) is 4.65. The molecule has 0 aliphatic heterocycles. The SMILES string of the molecule is C=CCCNC(C)(CC)CCO. The van der Waals surface area contributed by atoms with Crippen molar-refractivity contribution in [1.29, 1.82) is 0 Å². The van der Waals surface area contributed by atoms with Crippen molar-refractivity contribution in [2.75, 3.05) is 13.2 Å². The number of nitrogens with one attached hydrogen (secondary N) is 1. The zero-order valence-corrected chi connectivity index (χ0v) is 8.27. The Kier molecular flexibility index (Phi) is 6.03. The molecule has 0 aromatic carbocycles. The lowest BCUT2D eigenvalue weighted by Crippen LogP contribution is -2.42. The molecule has 0 heterocycles. The van der Waals surface area contributed by atoms with Crippen molar-refractivity contribution in [3.63, 3.8) is 0 Å². The minimum atomic E-state index is 0.0950. The van der Waals surface area contributed by atoms with Gasteiger partial charge in [-0.05, 0) is 32.7 Å². The summed E-state index contributed by atoms with van der Waals surface area (Å²) in [6.45, 7) is 9.15. The van der Waals surface area contributed by atoms with Gasteiger partial charge in [0.2, 0.25) is 0 Å². The van der Waals surface area contributed by atoms with Gasteiger partial charge in [-0.25, -0.2) is 0 Å². The van der Waals surface area contributed by atoms with Crippen LogP contribution in [-0.4, -0.2) is 23.8 Å². The van der Waals surface area contributed by atoms with E-state index in [1.807, 2.05) is 6.08 Å². The molecule has 2 heteroatoms. The lowest BCUT2D eigenvalue weighted by atomic mass is 9.95. The third-order valence-corrected chi connectivity index (χ3v) is 2.34. The number of aliphatic hydroxyl groups excluding tert-OH is 1. The van der Waals surface area contributed by atoms with Crippen LogP contribution in [0.25, 0.3) is 0 Å². The molecule has 0 fully saturated rings. The molecule has 0 saturated carbocycles. The van der Waals surface area contributed by atoms with E-state index in [0.717, 1.165) is 25.8 Å². The molecule has 1 atom stereocenters. The first kappa shape index (κ1) is 11.7.